The fourth-order valence-electron chi connectivity index (χ4n) is 3.22. The monoisotopic (exact) mass is 315 g/mol. The lowest BCUT2D eigenvalue weighted by Gasteiger charge is -2.29. The topological polar surface area (TPSA) is 58.0 Å². The Morgan fingerprint density at radius 1 is 1.30 bits per heavy atom. The quantitative estimate of drug-likeness (QED) is 0.928. The normalized spacial score (nSPS) is 24.9. The van der Waals surface area contributed by atoms with Crippen LogP contribution in [0, 0.1) is 0 Å². The minimum Gasteiger partial charge on any atom is -0.384 e. The van der Waals surface area contributed by atoms with E-state index in [9.17, 15) is 5.11 Å². The van der Waals surface area contributed by atoms with Crippen molar-refractivity contribution in [3.63, 3.8) is 0 Å². The van der Waals surface area contributed by atoms with E-state index in [0.717, 1.165) is 37.1 Å². The first-order chi connectivity index (χ1) is 11.0. The van der Waals surface area contributed by atoms with Gasteiger partial charge in [0, 0.05) is 37.3 Å². The van der Waals surface area contributed by atoms with Gasteiger partial charge in [-0.15, -0.1) is 0 Å². The van der Waals surface area contributed by atoms with E-state index >= 15 is 0 Å². The van der Waals surface area contributed by atoms with Crippen molar-refractivity contribution in [3.05, 3.63) is 35.8 Å². The summed E-state index contributed by atoms with van der Waals surface area (Å²) in [5.41, 5.74) is 1.64. The molecule has 0 amide bonds. The molecule has 2 atom stereocenters. The number of pyridine rings is 1. The standard InChI is InChI=1S/C18H25N3O2/c1-18(2,22)17-7-4-13(11-20-17)16-12-21(9-8-19-16)14-5-6-15(10-14)23-3/h4,7-8,11-12,14-15,22H,5-6,9-10H2,1-3H3/t14-,15-/m1/s1. The van der Waals surface area contributed by atoms with Crippen molar-refractivity contribution in [3.8, 4) is 0 Å². The third kappa shape index (κ3) is 3.62. The molecule has 1 aromatic heterocycles. The van der Waals surface area contributed by atoms with Crippen molar-refractivity contribution in [1.29, 1.82) is 0 Å². The molecule has 1 N–H and O–H groups in total. The van der Waals surface area contributed by atoms with Crippen LogP contribution in [-0.4, -0.2) is 47.0 Å². The average molecular weight is 315 g/mol. The fraction of sp³-hybridized carbons (Fsp3) is 0.556. The Balaban J connectivity index is 1.75. The first-order valence-electron chi connectivity index (χ1n) is 8.19. The summed E-state index contributed by atoms with van der Waals surface area (Å²) in [6.45, 7) is 4.32. The van der Waals surface area contributed by atoms with Gasteiger partial charge in [0.15, 0.2) is 0 Å². The van der Waals surface area contributed by atoms with Crippen LogP contribution in [0.1, 0.15) is 44.4 Å². The molecule has 0 spiro atoms. The van der Waals surface area contributed by atoms with Gasteiger partial charge in [-0.3, -0.25) is 9.98 Å². The summed E-state index contributed by atoms with van der Waals surface area (Å²) in [5, 5.41) is 10.00. The van der Waals surface area contributed by atoms with Crippen LogP contribution in [-0.2, 0) is 10.3 Å². The molecule has 1 saturated carbocycles. The maximum Gasteiger partial charge on any atom is 0.101 e. The number of aliphatic hydroxyl groups is 1. The van der Waals surface area contributed by atoms with Crippen molar-refractivity contribution in [2.75, 3.05) is 13.7 Å². The molecule has 0 radical (unpaired) electrons. The predicted molar refractivity (Wildman–Crippen MR) is 91.1 cm³/mol. The average Bonchev–Trinajstić information content (AvgIpc) is 3.03. The molecule has 3 rings (SSSR count). The molecule has 0 unspecified atom stereocenters. The minimum atomic E-state index is -0.923. The van der Waals surface area contributed by atoms with Crippen LogP contribution >= 0.6 is 0 Å². The Labute approximate surface area is 137 Å². The van der Waals surface area contributed by atoms with Gasteiger partial charge in [-0.1, -0.05) is 0 Å². The molecule has 1 aliphatic carbocycles. The van der Waals surface area contributed by atoms with Gasteiger partial charge in [0.25, 0.3) is 0 Å². The number of aliphatic imine (C=N–C) groups is 1. The Bertz CT molecular complexity index is 602. The van der Waals surface area contributed by atoms with Gasteiger partial charge in [-0.05, 0) is 45.2 Å². The lowest BCUT2D eigenvalue weighted by molar-refractivity contribution is 0.0738. The molecule has 5 heteroatoms. The van der Waals surface area contributed by atoms with Crippen molar-refractivity contribution in [1.82, 2.24) is 9.88 Å². The highest BCUT2D eigenvalue weighted by Crippen LogP contribution is 2.29. The minimum absolute atomic E-state index is 0.378. The van der Waals surface area contributed by atoms with Gasteiger partial charge in [-0.2, -0.15) is 0 Å². The number of aromatic nitrogens is 1. The zero-order valence-electron chi connectivity index (χ0n) is 14.1. The number of methoxy groups -OCH3 is 1. The second-order valence-corrected chi connectivity index (χ2v) is 6.84. The van der Waals surface area contributed by atoms with Gasteiger partial charge in [0.05, 0.1) is 24.0 Å². The van der Waals surface area contributed by atoms with Crippen LogP contribution in [0.3, 0.4) is 0 Å². The molecule has 0 saturated heterocycles. The molecule has 2 aliphatic rings. The van der Waals surface area contributed by atoms with Gasteiger partial charge >= 0.3 is 0 Å². The first kappa shape index (κ1) is 16.1. The summed E-state index contributed by atoms with van der Waals surface area (Å²) in [4.78, 5) is 11.2. The Hall–Kier alpha value is -1.72. The molecule has 23 heavy (non-hydrogen) atoms. The Morgan fingerprint density at radius 3 is 2.74 bits per heavy atom. The Morgan fingerprint density at radius 2 is 2.13 bits per heavy atom. The summed E-state index contributed by atoms with van der Waals surface area (Å²) in [6, 6.07) is 4.35. The van der Waals surface area contributed by atoms with Crippen LogP contribution in [0.25, 0.3) is 5.70 Å². The highest BCUT2D eigenvalue weighted by atomic mass is 16.5. The van der Waals surface area contributed by atoms with Gasteiger partial charge in [-0.25, -0.2) is 0 Å². The van der Waals surface area contributed by atoms with E-state index in [1.807, 2.05) is 18.3 Å². The van der Waals surface area contributed by atoms with Crippen LogP contribution in [0.4, 0.5) is 0 Å². The van der Waals surface area contributed by atoms with Gasteiger partial charge in [0.2, 0.25) is 0 Å². The molecule has 1 aromatic rings. The summed E-state index contributed by atoms with van der Waals surface area (Å²) in [7, 11) is 1.79. The molecular weight excluding hydrogens is 290 g/mol. The van der Waals surface area contributed by atoms with E-state index < -0.39 is 5.60 Å². The second-order valence-electron chi connectivity index (χ2n) is 6.84. The second kappa shape index (κ2) is 6.42. The summed E-state index contributed by atoms with van der Waals surface area (Å²) in [6.07, 6.45) is 9.61. The maximum absolute atomic E-state index is 10.00. The summed E-state index contributed by atoms with van der Waals surface area (Å²) < 4.78 is 5.47. The predicted octanol–water partition coefficient (Wildman–Crippen LogP) is 2.56. The molecule has 0 aromatic carbocycles. The molecule has 1 fully saturated rings. The number of rotatable bonds is 4. The number of ether oxygens (including phenoxy) is 1. The molecule has 2 heterocycles. The van der Waals surface area contributed by atoms with E-state index in [0.29, 0.717) is 17.8 Å². The van der Waals surface area contributed by atoms with E-state index in [1.165, 1.54) is 0 Å². The number of hydrogen-bond donors (Lipinski definition) is 1. The van der Waals surface area contributed by atoms with Crippen molar-refractivity contribution in [2.45, 2.75) is 50.9 Å². The Kier molecular flexibility index (Phi) is 4.50. The number of nitrogens with zero attached hydrogens (tertiary/aromatic N) is 3. The van der Waals surface area contributed by atoms with Gasteiger partial charge in [0.1, 0.15) is 5.60 Å². The molecule has 0 bridgehead atoms. The third-order valence-corrected chi connectivity index (χ3v) is 4.66. The SMILES string of the molecule is CO[C@@H]1CC[C@@H](N2C=C(c3ccc(C(C)(C)O)nc3)N=CC2)C1. The van der Waals surface area contributed by atoms with Crippen LogP contribution < -0.4 is 0 Å². The van der Waals surface area contributed by atoms with E-state index in [-0.39, 0.29) is 0 Å². The largest absolute Gasteiger partial charge is 0.384 e. The highest BCUT2D eigenvalue weighted by molar-refractivity contribution is 5.76. The fourth-order valence-corrected chi connectivity index (χ4v) is 3.22. The molecule has 124 valence electrons. The van der Waals surface area contributed by atoms with Crippen LogP contribution in [0.5, 0.6) is 0 Å². The van der Waals surface area contributed by atoms with E-state index in [1.54, 1.807) is 27.2 Å². The van der Waals surface area contributed by atoms with Crippen molar-refractivity contribution < 1.29 is 9.84 Å². The maximum atomic E-state index is 10.00. The van der Waals surface area contributed by atoms with E-state index in [4.69, 9.17) is 4.74 Å². The third-order valence-electron chi connectivity index (χ3n) is 4.66. The van der Waals surface area contributed by atoms with Crippen molar-refractivity contribution >= 4 is 11.9 Å². The molecule has 5 nitrogen and oxygen atoms in total. The lowest BCUT2D eigenvalue weighted by atomic mass is 10.0. The molecule has 1 aliphatic heterocycles. The first-order valence-corrected chi connectivity index (χ1v) is 8.19. The molecular formula is C18H25N3O2. The van der Waals surface area contributed by atoms with Crippen molar-refractivity contribution in [2.24, 2.45) is 4.99 Å². The highest BCUT2D eigenvalue weighted by Gasteiger charge is 2.28. The smallest absolute Gasteiger partial charge is 0.101 e. The lowest BCUT2D eigenvalue weighted by Crippen LogP contribution is -2.32. The zero-order valence-corrected chi connectivity index (χ0v) is 14.1. The zero-order chi connectivity index (χ0) is 16.4. The summed E-state index contributed by atoms with van der Waals surface area (Å²) >= 11 is 0. The van der Waals surface area contributed by atoms with Crippen LogP contribution in [0.15, 0.2) is 29.5 Å². The number of hydrogen-bond acceptors (Lipinski definition) is 5. The van der Waals surface area contributed by atoms with E-state index in [2.05, 4.69) is 21.1 Å². The van der Waals surface area contributed by atoms with Crippen LogP contribution in [0.2, 0.25) is 0 Å². The van der Waals surface area contributed by atoms with Gasteiger partial charge < -0.3 is 14.7 Å². The summed E-state index contributed by atoms with van der Waals surface area (Å²) in [5.74, 6) is 0.